The highest BCUT2D eigenvalue weighted by Crippen LogP contribution is 2.10. The van der Waals surface area contributed by atoms with Crippen molar-refractivity contribution in [1.29, 1.82) is 0 Å². The summed E-state index contributed by atoms with van der Waals surface area (Å²) in [5.74, 6) is 0. The molecule has 0 bridgehead atoms. The SMILES string of the molecule is CN(CCO)Cc1ccc(Cl)cc1. The van der Waals surface area contributed by atoms with Gasteiger partial charge in [0.05, 0.1) is 6.61 Å². The second-order valence-electron chi connectivity index (χ2n) is 3.09. The highest BCUT2D eigenvalue weighted by Gasteiger charge is 1.98. The van der Waals surface area contributed by atoms with Crippen LogP contribution in [0, 0.1) is 0 Å². The van der Waals surface area contributed by atoms with Gasteiger partial charge in [0.2, 0.25) is 0 Å². The van der Waals surface area contributed by atoms with Crippen LogP contribution in [0.5, 0.6) is 0 Å². The summed E-state index contributed by atoms with van der Waals surface area (Å²) in [5.41, 5.74) is 1.21. The zero-order valence-electron chi connectivity index (χ0n) is 7.70. The molecule has 0 radical (unpaired) electrons. The molecular formula is C10H14ClNO. The van der Waals surface area contributed by atoms with E-state index in [1.165, 1.54) is 5.56 Å². The summed E-state index contributed by atoms with van der Waals surface area (Å²) in [4.78, 5) is 2.06. The maximum Gasteiger partial charge on any atom is 0.0558 e. The molecule has 1 N–H and O–H groups in total. The monoisotopic (exact) mass is 199 g/mol. The van der Waals surface area contributed by atoms with Crippen molar-refractivity contribution in [1.82, 2.24) is 4.90 Å². The standard InChI is InChI=1S/C10H14ClNO/c1-12(6-7-13)8-9-2-4-10(11)5-3-9/h2-5,13H,6-8H2,1H3. The average molecular weight is 200 g/mol. The number of halogens is 1. The summed E-state index contributed by atoms with van der Waals surface area (Å²) in [6.45, 7) is 1.74. The number of aliphatic hydroxyl groups is 1. The second-order valence-corrected chi connectivity index (χ2v) is 3.52. The van der Waals surface area contributed by atoms with E-state index in [-0.39, 0.29) is 6.61 Å². The highest BCUT2D eigenvalue weighted by atomic mass is 35.5. The van der Waals surface area contributed by atoms with Crippen LogP contribution < -0.4 is 0 Å². The van der Waals surface area contributed by atoms with Crippen molar-refractivity contribution >= 4 is 11.6 Å². The third-order valence-corrected chi connectivity index (χ3v) is 2.10. The third kappa shape index (κ3) is 3.77. The molecule has 2 nitrogen and oxygen atoms in total. The van der Waals surface area contributed by atoms with Gasteiger partial charge in [0.25, 0.3) is 0 Å². The Morgan fingerprint density at radius 3 is 2.46 bits per heavy atom. The third-order valence-electron chi connectivity index (χ3n) is 1.85. The first-order valence-electron chi connectivity index (χ1n) is 4.26. The van der Waals surface area contributed by atoms with Crippen LogP contribution >= 0.6 is 11.6 Å². The van der Waals surface area contributed by atoms with Gasteiger partial charge in [-0.25, -0.2) is 0 Å². The van der Waals surface area contributed by atoms with Crippen LogP contribution in [0.2, 0.25) is 5.02 Å². The largest absolute Gasteiger partial charge is 0.395 e. The zero-order valence-corrected chi connectivity index (χ0v) is 8.46. The summed E-state index contributed by atoms with van der Waals surface area (Å²) < 4.78 is 0. The van der Waals surface area contributed by atoms with Gasteiger partial charge < -0.3 is 5.11 Å². The van der Waals surface area contributed by atoms with Gasteiger partial charge >= 0.3 is 0 Å². The van der Waals surface area contributed by atoms with E-state index in [0.29, 0.717) is 6.54 Å². The number of likely N-dealkylation sites (N-methyl/N-ethyl adjacent to an activating group) is 1. The van der Waals surface area contributed by atoms with Crippen molar-refractivity contribution in [3.63, 3.8) is 0 Å². The minimum Gasteiger partial charge on any atom is -0.395 e. The van der Waals surface area contributed by atoms with Crippen molar-refractivity contribution in [3.8, 4) is 0 Å². The Morgan fingerprint density at radius 2 is 1.92 bits per heavy atom. The molecule has 1 aromatic rings. The van der Waals surface area contributed by atoms with E-state index in [2.05, 4.69) is 4.90 Å². The van der Waals surface area contributed by atoms with Gasteiger partial charge in [-0.2, -0.15) is 0 Å². The van der Waals surface area contributed by atoms with Crippen molar-refractivity contribution < 1.29 is 5.11 Å². The Balaban J connectivity index is 2.49. The first kappa shape index (κ1) is 10.5. The molecule has 0 aliphatic heterocycles. The molecule has 0 atom stereocenters. The highest BCUT2D eigenvalue weighted by molar-refractivity contribution is 6.30. The summed E-state index contributed by atoms with van der Waals surface area (Å²) in [7, 11) is 1.98. The molecule has 0 heterocycles. The van der Waals surface area contributed by atoms with E-state index in [1.807, 2.05) is 31.3 Å². The fourth-order valence-corrected chi connectivity index (χ4v) is 1.28. The minimum atomic E-state index is 0.199. The number of nitrogens with zero attached hydrogens (tertiary/aromatic N) is 1. The fourth-order valence-electron chi connectivity index (χ4n) is 1.15. The van der Waals surface area contributed by atoms with Crippen LogP contribution in [0.3, 0.4) is 0 Å². The molecule has 1 aromatic carbocycles. The summed E-state index contributed by atoms with van der Waals surface area (Å²) >= 11 is 5.76. The number of rotatable bonds is 4. The van der Waals surface area contributed by atoms with E-state index in [4.69, 9.17) is 16.7 Å². The van der Waals surface area contributed by atoms with Crippen LogP contribution in [0.1, 0.15) is 5.56 Å². The summed E-state index contributed by atoms with van der Waals surface area (Å²) in [6.07, 6.45) is 0. The van der Waals surface area contributed by atoms with Crippen LogP contribution in [-0.2, 0) is 6.54 Å². The second kappa shape index (κ2) is 5.22. The molecule has 1 rings (SSSR count). The molecule has 0 aromatic heterocycles. The summed E-state index contributed by atoms with van der Waals surface area (Å²) in [5, 5.41) is 9.45. The molecule has 0 unspecified atom stereocenters. The predicted octanol–water partition coefficient (Wildman–Crippen LogP) is 1.76. The van der Waals surface area contributed by atoms with Gasteiger partial charge in [-0.1, -0.05) is 23.7 Å². The molecule has 0 spiro atoms. The van der Waals surface area contributed by atoms with E-state index >= 15 is 0 Å². The lowest BCUT2D eigenvalue weighted by Crippen LogP contribution is -2.21. The first-order valence-corrected chi connectivity index (χ1v) is 4.64. The van der Waals surface area contributed by atoms with Gasteiger partial charge in [-0.05, 0) is 24.7 Å². The zero-order chi connectivity index (χ0) is 9.68. The van der Waals surface area contributed by atoms with Gasteiger partial charge in [0.1, 0.15) is 0 Å². The maximum absolute atomic E-state index is 8.70. The molecule has 0 fully saturated rings. The molecular weight excluding hydrogens is 186 g/mol. The van der Waals surface area contributed by atoms with Gasteiger partial charge in [0.15, 0.2) is 0 Å². The van der Waals surface area contributed by atoms with Crippen molar-refractivity contribution in [2.75, 3.05) is 20.2 Å². The molecule has 0 saturated heterocycles. The van der Waals surface area contributed by atoms with Crippen molar-refractivity contribution in [2.45, 2.75) is 6.54 Å². The number of hydrogen-bond acceptors (Lipinski definition) is 2. The van der Waals surface area contributed by atoms with E-state index in [9.17, 15) is 0 Å². The Hall–Kier alpha value is -0.570. The normalized spacial score (nSPS) is 10.8. The van der Waals surface area contributed by atoms with Crippen LogP contribution in [0.15, 0.2) is 24.3 Å². The van der Waals surface area contributed by atoms with E-state index < -0.39 is 0 Å². The number of benzene rings is 1. The molecule has 72 valence electrons. The molecule has 0 amide bonds. The molecule has 3 heteroatoms. The number of hydrogen-bond donors (Lipinski definition) is 1. The van der Waals surface area contributed by atoms with Gasteiger partial charge in [-0.3, -0.25) is 4.90 Å². The molecule has 0 aliphatic carbocycles. The number of aliphatic hydroxyl groups excluding tert-OH is 1. The van der Waals surface area contributed by atoms with Crippen LogP contribution in [0.25, 0.3) is 0 Å². The van der Waals surface area contributed by atoms with Crippen molar-refractivity contribution in [3.05, 3.63) is 34.9 Å². The van der Waals surface area contributed by atoms with E-state index in [0.717, 1.165) is 11.6 Å². The fraction of sp³-hybridized carbons (Fsp3) is 0.400. The Bertz CT molecular complexity index is 248. The first-order chi connectivity index (χ1) is 6.22. The maximum atomic E-state index is 8.70. The van der Waals surface area contributed by atoms with Crippen LogP contribution in [-0.4, -0.2) is 30.2 Å². The Kier molecular flexibility index (Phi) is 4.22. The quantitative estimate of drug-likeness (QED) is 0.799. The molecule has 13 heavy (non-hydrogen) atoms. The van der Waals surface area contributed by atoms with Crippen molar-refractivity contribution in [2.24, 2.45) is 0 Å². The minimum absolute atomic E-state index is 0.199. The Labute approximate surface area is 83.7 Å². The van der Waals surface area contributed by atoms with Gasteiger partial charge in [0, 0.05) is 18.1 Å². The molecule has 0 saturated carbocycles. The lowest BCUT2D eigenvalue weighted by Gasteiger charge is -2.14. The van der Waals surface area contributed by atoms with Crippen LogP contribution in [0.4, 0.5) is 0 Å². The lowest BCUT2D eigenvalue weighted by atomic mass is 10.2. The molecule has 0 aliphatic rings. The average Bonchev–Trinajstić information content (AvgIpc) is 2.09. The topological polar surface area (TPSA) is 23.5 Å². The Morgan fingerprint density at radius 1 is 1.31 bits per heavy atom. The van der Waals surface area contributed by atoms with Gasteiger partial charge in [-0.15, -0.1) is 0 Å². The predicted molar refractivity (Wildman–Crippen MR) is 54.9 cm³/mol. The van der Waals surface area contributed by atoms with E-state index in [1.54, 1.807) is 0 Å². The lowest BCUT2D eigenvalue weighted by molar-refractivity contribution is 0.217. The smallest absolute Gasteiger partial charge is 0.0558 e. The summed E-state index contributed by atoms with van der Waals surface area (Å²) in [6, 6.07) is 7.75.